The van der Waals surface area contributed by atoms with Crippen molar-refractivity contribution in [3.63, 3.8) is 0 Å². The molecule has 0 bridgehead atoms. The number of piperidine rings is 1. The van der Waals surface area contributed by atoms with E-state index in [1.807, 2.05) is 41.4 Å². The van der Waals surface area contributed by atoms with Gasteiger partial charge in [0.2, 0.25) is 0 Å². The fraction of sp³-hybridized carbons (Fsp3) is 0.292. The Morgan fingerprint density at radius 1 is 1.12 bits per heavy atom. The predicted molar refractivity (Wildman–Crippen MR) is 121 cm³/mol. The third kappa shape index (κ3) is 3.97. The lowest BCUT2D eigenvalue weighted by Gasteiger charge is -2.31. The quantitative estimate of drug-likeness (QED) is 0.466. The first-order valence-electron chi connectivity index (χ1n) is 10.8. The lowest BCUT2D eigenvalue weighted by Crippen LogP contribution is -2.39. The molecule has 0 radical (unpaired) electrons. The van der Waals surface area contributed by atoms with Crippen LogP contribution in [0, 0.1) is 0 Å². The second-order valence-corrected chi connectivity index (χ2v) is 7.91. The number of methoxy groups -OCH3 is 2. The summed E-state index contributed by atoms with van der Waals surface area (Å²) in [6.07, 6.45) is 8.35. The number of benzene rings is 1. The highest BCUT2D eigenvalue weighted by atomic mass is 16.5. The molecule has 1 fully saturated rings. The van der Waals surface area contributed by atoms with Gasteiger partial charge in [-0.15, -0.1) is 0 Å². The van der Waals surface area contributed by atoms with Crippen molar-refractivity contribution in [3.8, 4) is 22.6 Å². The molecule has 0 saturated carbocycles. The molecule has 0 N–H and O–H groups in total. The highest BCUT2D eigenvalue weighted by Crippen LogP contribution is 2.37. The molecule has 1 atom stereocenters. The molecule has 9 nitrogen and oxygen atoms in total. The summed E-state index contributed by atoms with van der Waals surface area (Å²) in [5, 5.41) is 4.75. The average molecular weight is 444 g/mol. The van der Waals surface area contributed by atoms with Gasteiger partial charge in [-0.1, -0.05) is 12.1 Å². The number of fused-ring (bicyclic) bond motifs is 1. The van der Waals surface area contributed by atoms with Gasteiger partial charge in [-0.25, -0.2) is 14.5 Å². The molecule has 1 aromatic carbocycles. The summed E-state index contributed by atoms with van der Waals surface area (Å²) in [7, 11) is 3.25. The minimum atomic E-state index is -0.107. The number of hydrogen-bond acceptors (Lipinski definition) is 7. The lowest BCUT2D eigenvalue weighted by molar-refractivity contribution is 0.0698. The van der Waals surface area contributed by atoms with E-state index in [-0.39, 0.29) is 11.8 Å². The molecular weight excluding hydrogens is 420 g/mol. The van der Waals surface area contributed by atoms with Gasteiger partial charge in [-0.05, 0) is 31.0 Å². The molecule has 1 saturated heterocycles. The maximum absolute atomic E-state index is 12.8. The maximum atomic E-state index is 12.8. The van der Waals surface area contributed by atoms with Crippen LogP contribution in [0.2, 0.25) is 0 Å². The van der Waals surface area contributed by atoms with Crippen LogP contribution in [0.15, 0.2) is 55.1 Å². The lowest BCUT2D eigenvalue weighted by atomic mass is 9.97. The Hall–Kier alpha value is -4.01. The third-order valence-corrected chi connectivity index (χ3v) is 5.92. The molecule has 1 aliphatic rings. The minimum Gasteiger partial charge on any atom is -0.493 e. The number of carbonyl (C=O) groups excluding carboxylic acids is 1. The van der Waals surface area contributed by atoms with Crippen LogP contribution in [0.5, 0.6) is 11.5 Å². The number of nitrogens with zero attached hydrogens (tertiary/aromatic N) is 6. The summed E-state index contributed by atoms with van der Waals surface area (Å²) in [5.41, 5.74) is 2.97. The number of aromatic nitrogens is 5. The van der Waals surface area contributed by atoms with E-state index in [2.05, 4.69) is 9.97 Å². The molecule has 4 aromatic rings. The van der Waals surface area contributed by atoms with Crippen molar-refractivity contribution < 1.29 is 14.3 Å². The minimum absolute atomic E-state index is 0.0640. The highest BCUT2D eigenvalue weighted by Gasteiger charge is 2.28. The Kier molecular flexibility index (Phi) is 5.60. The van der Waals surface area contributed by atoms with Crippen molar-refractivity contribution in [2.45, 2.75) is 18.8 Å². The van der Waals surface area contributed by atoms with Crippen molar-refractivity contribution in [1.29, 1.82) is 0 Å². The number of para-hydroxylation sites is 1. The molecule has 0 spiro atoms. The molecule has 168 valence electrons. The molecule has 33 heavy (non-hydrogen) atoms. The van der Waals surface area contributed by atoms with Crippen LogP contribution in [-0.2, 0) is 0 Å². The van der Waals surface area contributed by atoms with Gasteiger partial charge >= 0.3 is 0 Å². The van der Waals surface area contributed by atoms with Gasteiger partial charge in [-0.3, -0.25) is 9.78 Å². The Balaban J connectivity index is 1.42. The second kappa shape index (κ2) is 8.85. The van der Waals surface area contributed by atoms with Gasteiger partial charge in [-0.2, -0.15) is 5.10 Å². The SMILES string of the molecule is COc1cccc(-c2ccc3nc(C4CCCN(C(=O)c5cnccn5)C4)nn3c2)c1OC. The van der Waals surface area contributed by atoms with E-state index in [9.17, 15) is 4.79 Å². The molecule has 3 aromatic heterocycles. The smallest absolute Gasteiger partial charge is 0.274 e. The van der Waals surface area contributed by atoms with Crippen molar-refractivity contribution in [2.75, 3.05) is 27.3 Å². The fourth-order valence-corrected chi connectivity index (χ4v) is 4.29. The van der Waals surface area contributed by atoms with E-state index < -0.39 is 0 Å². The van der Waals surface area contributed by atoms with E-state index in [1.165, 1.54) is 12.4 Å². The normalized spacial score (nSPS) is 16.1. The first-order chi connectivity index (χ1) is 16.2. The number of carbonyl (C=O) groups is 1. The Morgan fingerprint density at radius 2 is 2.03 bits per heavy atom. The topological polar surface area (TPSA) is 94.7 Å². The van der Waals surface area contributed by atoms with Gasteiger partial charge in [0.25, 0.3) is 5.91 Å². The molecule has 5 rings (SSSR count). The fourth-order valence-electron chi connectivity index (χ4n) is 4.29. The summed E-state index contributed by atoms with van der Waals surface area (Å²) >= 11 is 0. The number of pyridine rings is 1. The molecule has 1 unspecified atom stereocenters. The van der Waals surface area contributed by atoms with Crippen LogP contribution in [0.1, 0.15) is 35.1 Å². The number of amides is 1. The van der Waals surface area contributed by atoms with Gasteiger partial charge in [0.1, 0.15) is 5.69 Å². The zero-order valence-corrected chi connectivity index (χ0v) is 18.5. The average Bonchev–Trinajstić information content (AvgIpc) is 3.32. The van der Waals surface area contributed by atoms with Crippen LogP contribution < -0.4 is 9.47 Å². The first kappa shape index (κ1) is 20.9. The summed E-state index contributed by atoms with van der Waals surface area (Å²) in [5.74, 6) is 2.04. The van der Waals surface area contributed by atoms with Crippen molar-refractivity contribution in [2.24, 2.45) is 0 Å². The van der Waals surface area contributed by atoms with Gasteiger partial charge in [0.05, 0.1) is 20.4 Å². The van der Waals surface area contributed by atoms with E-state index in [4.69, 9.17) is 19.6 Å². The summed E-state index contributed by atoms with van der Waals surface area (Å²) < 4.78 is 12.8. The van der Waals surface area contributed by atoms with Crippen molar-refractivity contribution in [3.05, 3.63) is 66.6 Å². The van der Waals surface area contributed by atoms with Crippen LogP contribution in [0.4, 0.5) is 0 Å². The number of likely N-dealkylation sites (tertiary alicyclic amines) is 1. The zero-order chi connectivity index (χ0) is 22.8. The second-order valence-electron chi connectivity index (χ2n) is 7.91. The van der Waals surface area contributed by atoms with Gasteiger partial charge in [0.15, 0.2) is 23.0 Å². The monoisotopic (exact) mass is 444 g/mol. The van der Waals surface area contributed by atoms with E-state index in [1.54, 1.807) is 24.9 Å². The van der Waals surface area contributed by atoms with Gasteiger partial charge < -0.3 is 14.4 Å². The Labute approximate surface area is 191 Å². The first-order valence-corrected chi connectivity index (χ1v) is 10.8. The molecule has 1 aliphatic heterocycles. The summed E-state index contributed by atoms with van der Waals surface area (Å²) in [4.78, 5) is 27.5. The summed E-state index contributed by atoms with van der Waals surface area (Å²) in [6.45, 7) is 1.25. The molecule has 0 aliphatic carbocycles. The van der Waals surface area contributed by atoms with Crippen LogP contribution in [0.25, 0.3) is 16.8 Å². The third-order valence-electron chi connectivity index (χ3n) is 5.92. The van der Waals surface area contributed by atoms with Crippen LogP contribution in [0.3, 0.4) is 0 Å². The van der Waals surface area contributed by atoms with Gasteiger partial charge in [0, 0.05) is 48.7 Å². The highest BCUT2D eigenvalue weighted by molar-refractivity contribution is 5.92. The van der Waals surface area contributed by atoms with E-state index in [0.29, 0.717) is 30.3 Å². The molecule has 1 amide bonds. The van der Waals surface area contributed by atoms with E-state index >= 15 is 0 Å². The predicted octanol–water partition coefficient (Wildman–Crippen LogP) is 3.22. The molecular formula is C24H24N6O3. The van der Waals surface area contributed by atoms with Crippen LogP contribution >= 0.6 is 0 Å². The Bertz CT molecular complexity index is 1290. The summed E-state index contributed by atoms with van der Waals surface area (Å²) in [6, 6.07) is 9.72. The van der Waals surface area contributed by atoms with Crippen LogP contribution in [-0.4, -0.2) is 62.7 Å². The Morgan fingerprint density at radius 3 is 2.82 bits per heavy atom. The molecule has 9 heteroatoms. The zero-order valence-electron chi connectivity index (χ0n) is 18.5. The number of hydrogen-bond donors (Lipinski definition) is 0. The van der Waals surface area contributed by atoms with Crippen molar-refractivity contribution >= 4 is 11.6 Å². The van der Waals surface area contributed by atoms with Crippen molar-refractivity contribution in [1.82, 2.24) is 29.5 Å². The largest absolute Gasteiger partial charge is 0.493 e. The molecule has 4 heterocycles. The van der Waals surface area contributed by atoms with E-state index in [0.717, 1.165) is 35.4 Å². The standard InChI is InChI=1S/C24H24N6O3/c1-32-20-7-3-6-18(22(20)33-2)16-8-9-21-27-23(28-30(21)15-16)17-5-4-12-29(14-17)24(31)19-13-25-10-11-26-19/h3,6-11,13,15,17H,4-5,12,14H2,1-2H3. The number of ether oxygens (including phenoxy) is 2. The number of rotatable bonds is 5. The maximum Gasteiger partial charge on any atom is 0.274 e.